The molecule has 1 aliphatic heterocycles. The number of para-hydroxylation sites is 1. The third-order valence-electron chi connectivity index (χ3n) is 7.04. The minimum absolute atomic E-state index is 0.0894. The summed E-state index contributed by atoms with van der Waals surface area (Å²) in [5.41, 5.74) is -0.0255. The number of halogens is 5. The van der Waals surface area contributed by atoms with Crippen molar-refractivity contribution < 1.29 is 41.4 Å². The van der Waals surface area contributed by atoms with E-state index in [4.69, 9.17) is 0 Å². The third-order valence-corrected chi connectivity index (χ3v) is 7.04. The van der Waals surface area contributed by atoms with Gasteiger partial charge in [0.05, 0.1) is 41.4 Å². The van der Waals surface area contributed by atoms with Gasteiger partial charge < -0.3 is 20.6 Å². The standard InChI is InChI=1S/C30H25F5N4O4/c31-26(32)21-10-5-11-23-25(21)38-28(41)22(16-39(23)19-9-4-6-17(14-19)15-36)37-27(40)20(12-13-30(33,34)35)24(29(42)43)18-7-2-1-3-8-18/h1-11,14,20,22,24,26H,12-13,16H2,(H,37,40)(H,38,41)(H,42,43)/t20?,22-,24?/m0/s1. The molecule has 0 radical (unpaired) electrons. The molecule has 0 saturated heterocycles. The molecule has 1 heterocycles. The van der Waals surface area contributed by atoms with Crippen molar-refractivity contribution in [1.29, 1.82) is 5.26 Å². The molecule has 0 spiro atoms. The number of hydrogen-bond donors (Lipinski definition) is 3. The van der Waals surface area contributed by atoms with Crippen LogP contribution in [0.4, 0.5) is 39.0 Å². The minimum Gasteiger partial charge on any atom is -0.481 e. The Balaban J connectivity index is 1.74. The Morgan fingerprint density at radius 3 is 2.40 bits per heavy atom. The molecule has 8 nitrogen and oxygen atoms in total. The summed E-state index contributed by atoms with van der Waals surface area (Å²) in [6.45, 7) is -0.374. The van der Waals surface area contributed by atoms with Gasteiger partial charge in [-0.15, -0.1) is 0 Å². The number of benzene rings is 3. The Kier molecular flexibility index (Phi) is 9.28. The maximum absolute atomic E-state index is 14.0. The van der Waals surface area contributed by atoms with Crippen molar-refractivity contribution >= 4 is 34.8 Å². The summed E-state index contributed by atoms with van der Waals surface area (Å²) in [5, 5.41) is 24.1. The SMILES string of the molecule is N#Cc1cccc(N2C[C@H](NC(=O)C(CCC(F)(F)F)C(C(=O)O)c3ccccc3)C(=O)Nc3c(C(F)F)cccc32)c1. The van der Waals surface area contributed by atoms with E-state index in [0.717, 1.165) is 6.07 Å². The monoisotopic (exact) mass is 600 g/mol. The first kappa shape index (κ1) is 31.0. The Bertz CT molecular complexity index is 1540. The lowest BCUT2D eigenvalue weighted by molar-refractivity contribution is -0.150. The van der Waals surface area contributed by atoms with E-state index in [2.05, 4.69) is 10.6 Å². The van der Waals surface area contributed by atoms with Gasteiger partial charge in [0.2, 0.25) is 11.8 Å². The zero-order valence-corrected chi connectivity index (χ0v) is 22.3. The highest BCUT2D eigenvalue weighted by Gasteiger charge is 2.41. The van der Waals surface area contributed by atoms with Crippen LogP contribution in [0, 0.1) is 17.2 Å². The molecule has 2 unspecified atom stereocenters. The van der Waals surface area contributed by atoms with Crippen LogP contribution in [0.15, 0.2) is 72.8 Å². The van der Waals surface area contributed by atoms with E-state index in [1.165, 1.54) is 59.5 Å². The van der Waals surface area contributed by atoms with E-state index >= 15 is 0 Å². The number of carbonyl (C=O) groups is 3. The van der Waals surface area contributed by atoms with Crippen LogP contribution < -0.4 is 15.5 Å². The Morgan fingerprint density at radius 2 is 1.77 bits per heavy atom. The lowest BCUT2D eigenvalue weighted by Gasteiger charge is -2.29. The average Bonchev–Trinajstić information content (AvgIpc) is 3.10. The second-order valence-corrected chi connectivity index (χ2v) is 9.85. The fourth-order valence-electron chi connectivity index (χ4n) is 5.03. The number of anilines is 3. The molecular formula is C30H25F5N4O4. The molecule has 3 atom stereocenters. The van der Waals surface area contributed by atoms with Gasteiger partial charge in [0.25, 0.3) is 6.43 Å². The van der Waals surface area contributed by atoms with Gasteiger partial charge in [0.15, 0.2) is 0 Å². The number of fused-ring (bicyclic) bond motifs is 1. The number of carboxylic acids is 1. The predicted molar refractivity (Wildman–Crippen MR) is 146 cm³/mol. The number of hydrogen-bond acceptors (Lipinski definition) is 5. The van der Waals surface area contributed by atoms with Gasteiger partial charge in [-0.2, -0.15) is 18.4 Å². The summed E-state index contributed by atoms with van der Waals surface area (Å²) < 4.78 is 67.6. The fraction of sp³-hybridized carbons (Fsp3) is 0.267. The number of carbonyl (C=O) groups excluding carboxylic acids is 2. The summed E-state index contributed by atoms with van der Waals surface area (Å²) in [6.07, 6.45) is -10.1. The van der Waals surface area contributed by atoms with Crippen molar-refractivity contribution in [2.75, 3.05) is 16.8 Å². The largest absolute Gasteiger partial charge is 0.481 e. The van der Waals surface area contributed by atoms with Crippen LogP contribution in [0.2, 0.25) is 0 Å². The van der Waals surface area contributed by atoms with E-state index in [1.54, 1.807) is 12.1 Å². The number of nitriles is 1. The van der Waals surface area contributed by atoms with Gasteiger partial charge in [-0.25, -0.2) is 8.78 Å². The van der Waals surface area contributed by atoms with Crippen LogP contribution in [0.1, 0.15) is 41.9 Å². The zero-order chi connectivity index (χ0) is 31.3. The van der Waals surface area contributed by atoms with E-state index in [1.807, 2.05) is 6.07 Å². The quantitative estimate of drug-likeness (QED) is 0.263. The molecule has 2 amide bonds. The molecule has 3 aromatic rings. The van der Waals surface area contributed by atoms with Gasteiger partial charge >= 0.3 is 12.1 Å². The normalized spacial score (nSPS) is 16.3. The predicted octanol–water partition coefficient (Wildman–Crippen LogP) is 5.90. The van der Waals surface area contributed by atoms with Crippen molar-refractivity contribution in [1.82, 2.24) is 5.32 Å². The maximum Gasteiger partial charge on any atom is 0.389 e. The smallest absolute Gasteiger partial charge is 0.389 e. The number of nitrogens with zero attached hydrogens (tertiary/aromatic N) is 2. The summed E-state index contributed by atoms with van der Waals surface area (Å²) in [4.78, 5) is 40.6. The van der Waals surface area contributed by atoms with Crippen LogP contribution in [-0.2, 0) is 14.4 Å². The first-order valence-corrected chi connectivity index (χ1v) is 13.0. The lowest BCUT2D eigenvalue weighted by atomic mass is 9.82. The van der Waals surface area contributed by atoms with Gasteiger partial charge in [0, 0.05) is 17.7 Å². The summed E-state index contributed by atoms with van der Waals surface area (Å²) >= 11 is 0. The summed E-state index contributed by atoms with van der Waals surface area (Å²) in [6, 6.07) is 17.6. The number of nitrogens with one attached hydrogen (secondary N) is 2. The summed E-state index contributed by atoms with van der Waals surface area (Å²) in [5.74, 6) is -7.03. The fourth-order valence-corrected chi connectivity index (χ4v) is 5.03. The van der Waals surface area contributed by atoms with Gasteiger partial charge in [-0.05, 0) is 36.2 Å². The molecule has 13 heteroatoms. The number of amides is 2. The zero-order valence-electron chi connectivity index (χ0n) is 22.3. The van der Waals surface area contributed by atoms with Crippen molar-refractivity contribution in [2.45, 2.75) is 37.4 Å². The first-order valence-electron chi connectivity index (χ1n) is 13.0. The first-order chi connectivity index (χ1) is 20.4. The Morgan fingerprint density at radius 1 is 1.07 bits per heavy atom. The lowest BCUT2D eigenvalue weighted by Crippen LogP contribution is -2.51. The Hall–Kier alpha value is -4.99. The molecule has 0 saturated carbocycles. The molecule has 43 heavy (non-hydrogen) atoms. The minimum atomic E-state index is -4.70. The molecule has 224 valence electrons. The second-order valence-electron chi connectivity index (χ2n) is 9.85. The maximum atomic E-state index is 14.0. The molecule has 3 N–H and O–H groups in total. The molecule has 4 rings (SSSR count). The highest BCUT2D eigenvalue weighted by molar-refractivity contribution is 6.03. The van der Waals surface area contributed by atoms with Crippen LogP contribution in [0.5, 0.6) is 0 Å². The van der Waals surface area contributed by atoms with Gasteiger partial charge in [-0.1, -0.05) is 48.5 Å². The molecule has 0 fully saturated rings. The topological polar surface area (TPSA) is 123 Å². The molecular weight excluding hydrogens is 575 g/mol. The molecule has 0 aromatic heterocycles. The van der Waals surface area contributed by atoms with Crippen LogP contribution in [0.25, 0.3) is 0 Å². The third kappa shape index (κ3) is 7.27. The van der Waals surface area contributed by atoms with Crippen molar-refractivity contribution in [3.05, 3.63) is 89.5 Å². The number of aliphatic carboxylic acids is 1. The Labute approximate surface area is 242 Å². The van der Waals surface area contributed by atoms with Crippen molar-refractivity contribution in [2.24, 2.45) is 5.92 Å². The van der Waals surface area contributed by atoms with Crippen LogP contribution in [0.3, 0.4) is 0 Å². The average molecular weight is 601 g/mol. The molecule has 0 aliphatic carbocycles. The number of alkyl halides is 5. The van der Waals surface area contributed by atoms with Gasteiger partial charge in [-0.3, -0.25) is 14.4 Å². The van der Waals surface area contributed by atoms with Crippen molar-refractivity contribution in [3.63, 3.8) is 0 Å². The number of carboxylic acid groups (broad SMARTS) is 1. The van der Waals surface area contributed by atoms with Crippen LogP contribution in [-0.4, -0.2) is 41.7 Å². The van der Waals surface area contributed by atoms with Crippen molar-refractivity contribution in [3.8, 4) is 6.07 Å². The van der Waals surface area contributed by atoms with E-state index < -0.39 is 66.7 Å². The number of rotatable bonds is 9. The highest BCUT2D eigenvalue weighted by atomic mass is 19.4. The van der Waals surface area contributed by atoms with Gasteiger partial charge in [0.1, 0.15) is 6.04 Å². The van der Waals surface area contributed by atoms with E-state index in [-0.39, 0.29) is 29.0 Å². The van der Waals surface area contributed by atoms with E-state index in [9.17, 15) is 46.7 Å². The summed E-state index contributed by atoms with van der Waals surface area (Å²) in [7, 11) is 0. The van der Waals surface area contributed by atoms with E-state index in [0.29, 0.717) is 5.69 Å². The molecule has 1 aliphatic rings. The highest BCUT2D eigenvalue weighted by Crippen LogP contribution is 2.41. The molecule has 0 bridgehead atoms. The van der Waals surface area contributed by atoms with Crippen LogP contribution >= 0.6 is 0 Å². The molecule has 3 aromatic carbocycles. The second kappa shape index (κ2) is 12.9.